The van der Waals surface area contributed by atoms with Crippen molar-refractivity contribution in [2.24, 2.45) is 0 Å². The molecule has 0 radical (unpaired) electrons. The Labute approximate surface area is 146 Å². The molecule has 0 spiro atoms. The molecule has 1 fully saturated rings. The molecule has 3 nitrogen and oxygen atoms in total. The van der Waals surface area contributed by atoms with Crippen LogP contribution in [0.2, 0.25) is 0 Å². The smallest absolute Gasteiger partial charge is 0.254 e. The van der Waals surface area contributed by atoms with E-state index in [0.29, 0.717) is 11.3 Å². The van der Waals surface area contributed by atoms with Crippen LogP contribution in [0.3, 0.4) is 0 Å². The molecule has 126 valence electrons. The molecule has 3 rings (SSSR count). The molecule has 4 heteroatoms. The van der Waals surface area contributed by atoms with Crippen LogP contribution in [0.1, 0.15) is 34.3 Å². The Hall–Kier alpha value is -1.94. The second kappa shape index (κ2) is 7.75. The second-order valence-corrected chi connectivity index (χ2v) is 7.84. The molecule has 1 saturated heterocycles. The van der Waals surface area contributed by atoms with Crippen LogP contribution in [0.15, 0.2) is 54.6 Å². The minimum absolute atomic E-state index is 0.0946. The molecule has 1 aliphatic rings. The summed E-state index contributed by atoms with van der Waals surface area (Å²) in [5.74, 6) is 0.589. The van der Waals surface area contributed by atoms with Crippen molar-refractivity contribution in [1.29, 1.82) is 0 Å². The van der Waals surface area contributed by atoms with Crippen molar-refractivity contribution < 1.29 is 9.00 Å². The molecular weight excluding hydrogens is 318 g/mol. The van der Waals surface area contributed by atoms with Crippen molar-refractivity contribution in [3.05, 3.63) is 71.3 Å². The highest BCUT2D eigenvalue weighted by Crippen LogP contribution is 2.23. The molecule has 24 heavy (non-hydrogen) atoms. The first kappa shape index (κ1) is 16.9. The number of amides is 1. The van der Waals surface area contributed by atoms with Crippen molar-refractivity contribution >= 4 is 16.7 Å². The third-order valence-electron chi connectivity index (χ3n) is 4.50. The van der Waals surface area contributed by atoms with Crippen molar-refractivity contribution in [2.45, 2.75) is 31.1 Å². The zero-order valence-corrected chi connectivity index (χ0v) is 14.8. The predicted molar refractivity (Wildman–Crippen MR) is 98.4 cm³/mol. The Bertz CT molecular complexity index is 729. The average molecular weight is 341 g/mol. The van der Waals surface area contributed by atoms with Gasteiger partial charge in [-0.3, -0.25) is 9.00 Å². The van der Waals surface area contributed by atoms with Gasteiger partial charge in [-0.25, -0.2) is 0 Å². The summed E-state index contributed by atoms with van der Waals surface area (Å²) in [6.07, 6.45) is 4.71. The maximum atomic E-state index is 12.9. The standard InChI is InChI=1S/C20H23NO2S/c1-24(23)15-17-9-5-10-18(13-17)20(22)21-12-6-11-19(21)14-16-7-3-2-4-8-16/h2-5,7-10,13,19H,6,11-12,14-15H2,1H3. The number of hydrogen-bond acceptors (Lipinski definition) is 2. The van der Waals surface area contributed by atoms with Crippen molar-refractivity contribution in [3.8, 4) is 0 Å². The lowest BCUT2D eigenvalue weighted by Crippen LogP contribution is -2.36. The summed E-state index contributed by atoms with van der Waals surface area (Å²) in [6, 6.07) is 18.2. The summed E-state index contributed by atoms with van der Waals surface area (Å²) < 4.78 is 11.4. The fraction of sp³-hybridized carbons (Fsp3) is 0.350. The Morgan fingerprint density at radius 3 is 2.62 bits per heavy atom. The third-order valence-corrected chi connectivity index (χ3v) is 5.24. The lowest BCUT2D eigenvalue weighted by atomic mass is 10.0. The van der Waals surface area contributed by atoms with E-state index in [1.807, 2.05) is 47.4 Å². The van der Waals surface area contributed by atoms with Gasteiger partial charge in [0, 0.05) is 41.0 Å². The zero-order valence-electron chi connectivity index (χ0n) is 14.0. The Morgan fingerprint density at radius 2 is 1.88 bits per heavy atom. The van der Waals surface area contributed by atoms with Gasteiger partial charge in [0.1, 0.15) is 0 Å². The molecule has 1 heterocycles. The van der Waals surface area contributed by atoms with Crippen molar-refractivity contribution in [3.63, 3.8) is 0 Å². The zero-order chi connectivity index (χ0) is 16.9. The van der Waals surface area contributed by atoms with Crippen LogP contribution in [0.25, 0.3) is 0 Å². The summed E-state index contributed by atoms with van der Waals surface area (Å²) in [5.41, 5.74) is 2.94. The minimum atomic E-state index is -0.898. The largest absolute Gasteiger partial charge is 0.335 e. The van der Waals surface area contributed by atoms with E-state index in [0.717, 1.165) is 31.4 Å². The average Bonchev–Trinajstić information content (AvgIpc) is 3.03. The van der Waals surface area contributed by atoms with Crippen LogP contribution in [0.4, 0.5) is 0 Å². The first-order valence-electron chi connectivity index (χ1n) is 8.37. The number of rotatable bonds is 5. The van der Waals surface area contributed by atoms with E-state index in [2.05, 4.69) is 12.1 Å². The summed E-state index contributed by atoms with van der Waals surface area (Å²) >= 11 is 0. The summed E-state index contributed by atoms with van der Waals surface area (Å²) in [4.78, 5) is 14.9. The first-order valence-corrected chi connectivity index (χ1v) is 10.1. The molecule has 1 amide bonds. The molecule has 0 N–H and O–H groups in total. The maximum absolute atomic E-state index is 12.9. The fourth-order valence-corrected chi connectivity index (χ4v) is 4.05. The van der Waals surface area contributed by atoms with E-state index in [9.17, 15) is 9.00 Å². The molecular formula is C20H23NO2S. The molecule has 2 aromatic rings. The molecule has 0 bridgehead atoms. The molecule has 0 saturated carbocycles. The van der Waals surface area contributed by atoms with Gasteiger partial charge in [0.2, 0.25) is 0 Å². The summed E-state index contributed by atoms with van der Waals surface area (Å²) in [6.45, 7) is 0.820. The van der Waals surface area contributed by atoms with E-state index in [-0.39, 0.29) is 11.9 Å². The Balaban J connectivity index is 1.75. The van der Waals surface area contributed by atoms with E-state index in [1.54, 1.807) is 6.26 Å². The van der Waals surface area contributed by atoms with Crippen LogP contribution < -0.4 is 0 Å². The van der Waals surface area contributed by atoms with Crippen LogP contribution in [-0.4, -0.2) is 33.9 Å². The van der Waals surface area contributed by atoms with Gasteiger partial charge in [-0.05, 0) is 42.5 Å². The van der Waals surface area contributed by atoms with Crippen LogP contribution in [0, 0.1) is 0 Å². The predicted octanol–water partition coefficient (Wildman–Crippen LogP) is 3.41. The Kier molecular flexibility index (Phi) is 5.46. The number of nitrogens with zero attached hydrogens (tertiary/aromatic N) is 1. The van der Waals surface area contributed by atoms with Gasteiger partial charge in [0.15, 0.2) is 0 Å². The highest BCUT2D eigenvalue weighted by Gasteiger charge is 2.29. The summed E-state index contributed by atoms with van der Waals surface area (Å²) in [5, 5.41) is 0. The van der Waals surface area contributed by atoms with Gasteiger partial charge in [0.05, 0.1) is 0 Å². The van der Waals surface area contributed by atoms with Gasteiger partial charge in [-0.1, -0.05) is 42.5 Å². The van der Waals surface area contributed by atoms with Gasteiger partial charge in [0.25, 0.3) is 5.91 Å². The van der Waals surface area contributed by atoms with Crippen molar-refractivity contribution in [2.75, 3.05) is 12.8 Å². The maximum Gasteiger partial charge on any atom is 0.254 e. The highest BCUT2D eigenvalue weighted by atomic mass is 32.2. The van der Waals surface area contributed by atoms with Crippen molar-refractivity contribution in [1.82, 2.24) is 4.90 Å². The lowest BCUT2D eigenvalue weighted by Gasteiger charge is -2.25. The highest BCUT2D eigenvalue weighted by molar-refractivity contribution is 7.83. The number of benzene rings is 2. The Morgan fingerprint density at radius 1 is 1.12 bits per heavy atom. The van der Waals surface area contributed by atoms with Crippen LogP contribution in [-0.2, 0) is 23.0 Å². The van der Waals surface area contributed by atoms with Crippen LogP contribution in [0.5, 0.6) is 0 Å². The quantitative estimate of drug-likeness (QED) is 0.836. The van der Waals surface area contributed by atoms with E-state index in [1.165, 1.54) is 5.56 Å². The number of carbonyl (C=O) groups is 1. The van der Waals surface area contributed by atoms with Gasteiger partial charge < -0.3 is 4.90 Å². The molecule has 1 aliphatic heterocycles. The lowest BCUT2D eigenvalue weighted by molar-refractivity contribution is 0.0736. The van der Waals surface area contributed by atoms with E-state index >= 15 is 0 Å². The van der Waals surface area contributed by atoms with Crippen LogP contribution >= 0.6 is 0 Å². The summed E-state index contributed by atoms with van der Waals surface area (Å²) in [7, 11) is -0.898. The molecule has 0 aliphatic carbocycles. The molecule has 2 atom stereocenters. The van der Waals surface area contributed by atoms with Gasteiger partial charge in [-0.15, -0.1) is 0 Å². The molecule has 2 unspecified atom stereocenters. The second-order valence-electron chi connectivity index (χ2n) is 6.40. The first-order chi connectivity index (χ1) is 11.6. The monoisotopic (exact) mass is 341 g/mol. The SMILES string of the molecule is CS(=O)Cc1cccc(C(=O)N2CCCC2Cc2ccccc2)c1. The number of hydrogen-bond donors (Lipinski definition) is 0. The number of carbonyl (C=O) groups excluding carboxylic acids is 1. The molecule has 2 aromatic carbocycles. The fourth-order valence-electron chi connectivity index (χ4n) is 3.40. The molecule has 0 aromatic heterocycles. The van der Waals surface area contributed by atoms with Gasteiger partial charge in [-0.2, -0.15) is 0 Å². The van der Waals surface area contributed by atoms with E-state index in [4.69, 9.17) is 0 Å². The number of likely N-dealkylation sites (tertiary alicyclic amines) is 1. The topological polar surface area (TPSA) is 37.4 Å². The normalized spacial score (nSPS) is 18.5. The third kappa shape index (κ3) is 4.12. The van der Waals surface area contributed by atoms with Gasteiger partial charge >= 0.3 is 0 Å². The minimum Gasteiger partial charge on any atom is -0.335 e. The van der Waals surface area contributed by atoms with E-state index < -0.39 is 10.8 Å².